The molecule has 0 saturated heterocycles. The highest BCUT2D eigenvalue weighted by Crippen LogP contribution is 2.55. The molecule has 0 aliphatic heterocycles. The van der Waals surface area contributed by atoms with Crippen LogP contribution in [0, 0.1) is 5.92 Å². The van der Waals surface area contributed by atoms with Crippen LogP contribution in [0.5, 0.6) is 0 Å². The summed E-state index contributed by atoms with van der Waals surface area (Å²) in [6, 6.07) is 24.3. The third kappa shape index (κ3) is 1.62. The van der Waals surface area contributed by atoms with Crippen molar-refractivity contribution in [3.63, 3.8) is 0 Å². The van der Waals surface area contributed by atoms with Gasteiger partial charge >= 0.3 is 0 Å². The van der Waals surface area contributed by atoms with Crippen LogP contribution in [-0.4, -0.2) is 0 Å². The predicted molar refractivity (Wildman–Crippen MR) is 88.3 cm³/mol. The SMILES string of the molecule is C1=C(c2cccc3ccccc23)c2ccccc2C2CC12. The third-order valence-corrected chi connectivity index (χ3v) is 4.95. The van der Waals surface area contributed by atoms with E-state index in [0.717, 1.165) is 11.8 Å². The van der Waals surface area contributed by atoms with E-state index in [0.29, 0.717) is 0 Å². The zero-order valence-electron chi connectivity index (χ0n) is 11.8. The van der Waals surface area contributed by atoms with Gasteiger partial charge in [-0.15, -0.1) is 0 Å². The van der Waals surface area contributed by atoms with Crippen molar-refractivity contribution in [2.45, 2.75) is 12.3 Å². The summed E-state index contributed by atoms with van der Waals surface area (Å²) in [4.78, 5) is 0. The quantitative estimate of drug-likeness (QED) is 0.555. The van der Waals surface area contributed by atoms with Gasteiger partial charge in [-0.25, -0.2) is 0 Å². The molecule has 2 aliphatic carbocycles. The maximum atomic E-state index is 2.51. The number of fused-ring (bicyclic) bond motifs is 4. The van der Waals surface area contributed by atoms with E-state index in [4.69, 9.17) is 0 Å². The molecule has 100 valence electrons. The van der Waals surface area contributed by atoms with Crippen molar-refractivity contribution in [2.75, 3.05) is 0 Å². The Kier molecular flexibility index (Phi) is 2.20. The molecule has 0 nitrogen and oxygen atoms in total. The summed E-state index contributed by atoms with van der Waals surface area (Å²) < 4.78 is 0. The largest absolute Gasteiger partial charge is 0.0723 e. The van der Waals surface area contributed by atoms with E-state index in [1.54, 1.807) is 5.56 Å². The van der Waals surface area contributed by atoms with Crippen molar-refractivity contribution in [2.24, 2.45) is 5.92 Å². The second-order valence-electron chi connectivity index (χ2n) is 6.20. The number of benzene rings is 3. The number of rotatable bonds is 1. The Labute approximate surface area is 124 Å². The zero-order chi connectivity index (χ0) is 13.8. The highest BCUT2D eigenvalue weighted by molar-refractivity contribution is 5.99. The lowest BCUT2D eigenvalue weighted by Gasteiger charge is -2.19. The van der Waals surface area contributed by atoms with Crippen molar-refractivity contribution in [1.29, 1.82) is 0 Å². The fourth-order valence-corrected chi connectivity index (χ4v) is 3.82. The first-order valence-electron chi connectivity index (χ1n) is 7.71. The van der Waals surface area contributed by atoms with Gasteiger partial charge in [0.1, 0.15) is 0 Å². The minimum absolute atomic E-state index is 0.758. The van der Waals surface area contributed by atoms with Gasteiger partial charge < -0.3 is 0 Å². The first kappa shape index (κ1) is 11.3. The molecule has 0 bridgehead atoms. The van der Waals surface area contributed by atoms with Crippen molar-refractivity contribution < 1.29 is 0 Å². The molecule has 2 unspecified atom stereocenters. The molecule has 2 atom stereocenters. The highest BCUT2D eigenvalue weighted by Gasteiger charge is 2.41. The fraction of sp³-hybridized carbons (Fsp3) is 0.143. The second-order valence-corrected chi connectivity index (χ2v) is 6.20. The molecular weight excluding hydrogens is 252 g/mol. The van der Waals surface area contributed by atoms with Crippen molar-refractivity contribution in [1.82, 2.24) is 0 Å². The van der Waals surface area contributed by atoms with Gasteiger partial charge in [-0.2, -0.15) is 0 Å². The average Bonchev–Trinajstić information content (AvgIpc) is 3.33. The van der Waals surface area contributed by atoms with Crippen LogP contribution in [0.1, 0.15) is 29.0 Å². The van der Waals surface area contributed by atoms with Gasteiger partial charge in [-0.3, -0.25) is 0 Å². The van der Waals surface area contributed by atoms with Gasteiger partial charge in [0.05, 0.1) is 0 Å². The molecule has 1 fully saturated rings. The molecule has 21 heavy (non-hydrogen) atoms. The Bertz CT molecular complexity index is 880. The zero-order valence-corrected chi connectivity index (χ0v) is 11.8. The Balaban J connectivity index is 1.80. The lowest BCUT2D eigenvalue weighted by atomic mass is 9.85. The van der Waals surface area contributed by atoms with Crippen LogP contribution in [0.3, 0.4) is 0 Å². The van der Waals surface area contributed by atoms with E-state index in [1.165, 1.54) is 33.9 Å². The van der Waals surface area contributed by atoms with E-state index >= 15 is 0 Å². The maximum Gasteiger partial charge on any atom is -0.00865 e. The van der Waals surface area contributed by atoms with E-state index in [-0.39, 0.29) is 0 Å². The summed E-state index contributed by atoms with van der Waals surface area (Å²) >= 11 is 0. The maximum absolute atomic E-state index is 2.51. The first-order chi connectivity index (χ1) is 10.4. The monoisotopic (exact) mass is 268 g/mol. The molecule has 0 heteroatoms. The minimum atomic E-state index is 0.758. The normalized spacial score (nSPS) is 22.4. The van der Waals surface area contributed by atoms with Crippen molar-refractivity contribution in [3.05, 3.63) is 89.5 Å². The van der Waals surface area contributed by atoms with Gasteiger partial charge in [-0.05, 0) is 51.3 Å². The summed E-state index contributed by atoms with van der Waals surface area (Å²) in [6.45, 7) is 0. The van der Waals surface area contributed by atoms with Gasteiger partial charge in [0.15, 0.2) is 0 Å². The van der Waals surface area contributed by atoms with E-state index in [9.17, 15) is 0 Å². The molecule has 1 saturated carbocycles. The summed E-state index contributed by atoms with van der Waals surface area (Å²) in [7, 11) is 0. The van der Waals surface area contributed by atoms with E-state index in [2.05, 4.69) is 72.8 Å². The molecule has 5 rings (SSSR count). The minimum Gasteiger partial charge on any atom is -0.0723 e. The van der Waals surface area contributed by atoms with E-state index in [1.807, 2.05) is 0 Å². The van der Waals surface area contributed by atoms with Crippen LogP contribution in [0.15, 0.2) is 72.8 Å². The summed E-state index contributed by atoms with van der Waals surface area (Å²) in [5, 5.41) is 2.69. The molecular formula is C21H16. The summed E-state index contributed by atoms with van der Waals surface area (Å²) in [6.07, 6.45) is 3.83. The molecule has 0 radical (unpaired) electrons. The highest BCUT2D eigenvalue weighted by atomic mass is 14.4. The average molecular weight is 268 g/mol. The topological polar surface area (TPSA) is 0 Å². The lowest BCUT2D eigenvalue weighted by molar-refractivity contribution is 0.988. The smallest absolute Gasteiger partial charge is 0.00865 e. The van der Waals surface area contributed by atoms with Gasteiger partial charge in [0.25, 0.3) is 0 Å². The van der Waals surface area contributed by atoms with Crippen LogP contribution in [0.25, 0.3) is 16.3 Å². The first-order valence-corrected chi connectivity index (χ1v) is 7.71. The van der Waals surface area contributed by atoms with Crippen LogP contribution in [0.4, 0.5) is 0 Å². The summed E-state index contributed by atoms with van der Waals surface area (Å²) in [5.74, 6) is 1.54. The number of hydrogen-bond acceptors (Lipinski definition) is 0. The molecule has 0 heterocycles. The second kappa shape index (κ2) is 4.08. The molecule has 0 N–H and O–H groups in total. The predicted octanol–water partition coefficient (Wildman–Crippen LogP) is 5.39. The van der Waals surface area contributed by atoms with Crippen LogP contribution >= 0.6 is 0 Å². The standard InChI is InChI=1S/C21H16/c1-2-8-16-14(6-1)7-5-11-17(16)21-13-15-12-20(15)18-9-3-4-10-19(18)21/h1-11,13,15,20H,12H2. The molecule has 3 aromatic rings. The van der Waals surface area contributed by atoms with Gasteiger partial charge in [0, 0.05) is 0 Å². The van der Waals surface area contributed by atoms with Crippen molar-refractivity contribution >= 4 is 16.3 Å². The third-order valence-electron chi connectivity index (χ3n) is 4.95. The molecule has 0 amide bonds. The lowest BCUT2D eigenvalue weighted by Crippen LogP contribution is -2.00. The summed E-state index contributed by atoms with van der Waals surface area (Å²) in [5.41, 5.74) is 5.80. The number of allylic oxidation sites excluding steroid dienone is 1. The van der Waals surface area contributed by atoms with Crippen LogP contribution in [-0.2, 0) is 0 Å². The van der Waals surface area contributed by atoms with E-state index < -0.39 is 0 Å². The molecule has 0 aromatic heterocycles. The van der Waals surface area contributed by atoms with Crippen molar-refractivity contribution in [3.8, 4) is 0 Å². The molecule has 2 aliphatic rings. The number of hydrogen-bond donors (Lipinski definition) is 0. The Hall–Kier alpha value is -2.34. The molecule has 3 aromatic carbocycles. The van der Waals surface area contributed by atoms with Gasteiger partial charge in [-0.1, -0.05) is 72.8 Å². The van der Waals surface area contributed by atoms with Crippen LogP contribution in [0.2, 0.25) is 0 Å². The Morgan fingerprint density at radius 3 is 2.48 bits per heavy atom. The molecule has 0 spiro atoms. The fourth-order valence-electron chi connectivity index (χ4n) is 3.82. The van der Waals surface area contributed by atoms with Gasteiger partial charge in [0.2, 0.25) is 0 Å². The van der Waals surface area contributed by atoms with Crippen LogP contribution < -0.4 is 0 Å². The Morgan fingerprint density at radius 2 is 1.48 bits per heavy atom. The Morgan fingerprint density at radius 1 is 0.714 bits per heavy atom.